The number of ether oxygens (including phenoxy) is 2. The van der Waals surface area contributed by atoms with E-state index in [4.69, 9.17) is 9.47 Å². The third kappa shape index (κ3) is 3.94. The van der Waals surface area contributed by atoms with Gasteiger partial charge in [-0.15, -0.1) is 0 Å². The fourth-order valence-corrected chi connectivity index (χ4v) is 5.17. The van der Waals surface area contributed by atoms with Gasteiger partial charge in [0.25, 0.3) is 0 Å². The quantitative estimate of drug-likeness (QED) is 0.284. The molecule has 179 valence electrons. The van der Waals surface area contributed by atoms with Gasteiger partial charge in [-0.1, -0.05) is 54.6 Å². The van der Waals surface area contributed by atoms with Crippen molar-refractivity contribution < 1.29 is 9.47 Å². The van der Waals surface area contributed by atoms with Crippen molar-refractivity contribution in [3.05, 3.63) is 84.9 Å². The van der Waals surface area contributed by atoms with Gasteiger partial charge in [-0.3, -0.25) is 21.3 Å². The van der Waals surface area contributed by atoms with Crippen LogP contribution in [0.2, 0.25) is 0 Å². The SMILES string of the molecule is [c]1c(OC2NCCN2)c(-c2c(OC3NCCN3)ccc3ccccc23)cc2cc3ccccc3cc12. The zero-order chi connectivity index (χ0) is 23.9. The number of hydrogen-bond acceptors (Lipinski definition) is 6. The van der Waals surface area contributed by atoms with Gasteiger partial charge in [-0.2, -0.15) is 0 Å². The summed E-state index contributed by atoms with van der Waals surface area (Å²) in [5.74, 6) is 1.49. The van der Waals surface area contributed by atoms with Crippen molar-refractivity contribution in [2.75, 3.05) is 26.2 Å². The molecule has 0 bridgehead atoms. The van der Waals surface area contributed by atoms with Crippen LogP contribution in [-0.2, 0) is 0 Å². The van der Waals surface area contributed by atoms with E-state index in [0.29, 0.717) is 5.75 Å². The third-order valence-electron chi connectivity index (χ3n) is 6.92. The van der Waals surface area contributed by atoms with Crippen LogP contribution < -0.4 is 30.7 Å². The summed E-state index contributed by atoms with van der Waals surface area (Å²) >= 11 is 0. The molecule has 0 aromatic heterocycles. The van der Waals surface area contributed by atoms with E-state index in [-0.39, 0.29) is 12.7 Å². The Morgan fingerprint density at radius 3 is 2.00 bits per heavy atom. The summed E-state index contributed by atoms with van der Waals surface area (Å²) in [6.07, 6.45) is -0.503. The van der Waals surface area contributed by atoms with Crippen molar-refractivity contribution in [2.24, 2.45) is 0 Å². The highest BCUT2D eigenvalue weighted by Gasteiger charge is 2.23. The Balaban J connectivity index is 1.48. The van der Waals surface area contributed by atoms with E-state index in [1.165, 1.54) is 10.8 Å². The van der Waals surface area contributed by atoms with Gasteiger partial charge in [0.15, 0.2) is 0 Å². The first-order valence-corrected chi connectivity index (χ1v) is 12.5. The molecule has 36 heavy (non-hydrogen) atoms. The van der Waals surface area contributed by atoms with Crippen molar-refractivity contribution in [2.45, 2.75) is 12.7 Å². The van der Waals surface area contributed by atoms with Crippen LogP contribution in [0.1, 0.15) is 0 Å². The van der Waals surface area contributed by atoms with E-state index in [2.05, 4.69) is 106 Å². The van der Waals surface area contributed by atoms with Crippen molar-refractivity contribution >= 4 is 32.3 Å². The molecule has 0 atom stereocenters. The first kappa shape index (κ1) is 21.6. The van der Waals surface area contributed by atoms with Gasteiger partial charge in [0, 0.05) is 43.4 Å². The van der Waals surface area contributed by atoms with E-state index >= 15 is 0 Å². The van der Waals surface area contributed by atoms with Gasteiger partial charge in [0.2, 0.25) is 12.7 Å². The van der Waals surface area contributed by atoms with Crippen molar-refractivity contribution in [1.29, 1.82) is 0 Å². The largest absolute Gasteiger partial charge is 0.462 e. The molecule has 0 spiro atoms. The average molecular weight is 476 g/mol. The Morgan fingerprint density at radius 1 is 0.611 bits per heavy atom. The second-order valence-electron chi connectivity index (χ2n) is 9.27. The van der Waals surface area contributed by atoms with Gasteiger partial charge >= 0.3 is 0 Å². The summed E-state index contributed by atoms with van der Waals surface area (Å²) < 4.78 is 12.9. The van der Waals surface area contributed by atoms with Crippen LogP contribution >= 0.6 is 0 Å². The monoisotopic (exact) mass is 475 g/mol. The number of hydrogen-bond donors (Lipinski definition) is 4. The molecule has 0 saturated carbocycles. The van der Waals surface area contributed by atoms with Crippen molar-refractivity contribution in [1.82, 2.24) is 21.3 Å². The predicted octanol–water partition coefficient (Wildman–Crippen LogP) is 4.32. The van der Waals surface area contributed by atoms with Crippen LogP contribution in [0.3, 0.4) is 0 Å². The van der Waals surface area contributed by atoms with Gasteiger partial charge in [0.1, 0.15) is 11.5 Å². The molecular formula is C30H27N4O2. The molecule has 2 aliphatic rings. The number of benzene rings is 5. The first-order chi connectivity index (χ1) is 17.8. The standard InChI is InChI=1S/C30H27N4O2/c1-2-7-21-16-23-18-27(36-30-33-13-14-34-30)25(17-22(23)15-20(21)6-1)28-24-8-4-3-5-19(24)9-10-26(28)35-29-31-11-12-32-29/h1-10,15-17,29-34H,11-14H2. The van der Waals surface area contributed by atoms with Gasteiger partial charge in [-0.05, 0) is 56.6 Å². The molecule has 5 aromatic rings. The topological polar surface area (TPSA) is 66.6 Å². The Hall–Kier alpha value is -3.68. The highest BCUT2D eigenvalue weighted by molar-refractivity contribution is 6.05. The molecule has 4 N–H and O–H groups in total. The zero-order valence-corrected chi connectivity index (χ0v) is 19.8. The molecule has 0 aliphatic carbocycles. The summed E-state index contributed by atoms with van der Waals surface area (Å²) in [4.78, 5) is 0. The first-order valence-electron chi connectivity index (χ1n) is 12.5. The second kappa shape index (κ2) is 9.08. The maximum Gasteiger partial charge on any atom is 0.207 e. The molecule has 0 amide bonds. The van der Waals surface area contributed by atoms with E-state index in [1.807, 2.05) is 0 Å². The molecule has 2 saturated heterocycles. The van der Waals surface area contributed by atoms with Gasteiger partial charge < -0.3 is 9.47 Å². The van der Waals surface area contributed by atoms with Crippen LogP contribution in [0.5, 0.6) is 11.5 Å². The van der Waals surface area contributed by atoms with E-state index in [1.54, 1.807) is 0 Å². The predicted molar refractivity (Wildman–Crippen MR) is 144 cm³/mol. The Labute approximate surface area is 209 Å². The lowest BCUT2D eigenvalue weighted by atomic mass is 9.93. The molecule has 6 nitrogen and oxygen atoms in total. The fourth-order valence-electron chi connectivity index (χ4n) is 5.17. The van der Waals surface area contributed by atoms with Crippen molar-refractivity contribution in [3.63, 3.8) is 0 Å². The minimum absolute atomic E-state index is 0.235. The molecule has 2 heterocycles. The molecule has 6 heteroatoms. The van der Waals surface area contributed by atoms with Crippen LogP contribution in [-0.4, -0.2) is 38.9 Å². The zero-order valence-electron chi connectivity index (χ0n) is 19.8. The van der Waals surface area contributed by atoms with Crippen LogP contribution in [0.15, 0.2) is 78.9 Å². The van der Waals surface area contributed by atoms with Crippen LogP contribution in [0.25, 0.3) is 43.4 Å². The molecule has 2 aliphatic heterocycles. The Kier molecular flexibility index (Phi) is 5.44. The van der Waals surface area contributed by atoms with Crippen LogP contribution in [0, 0.1) is 6.07 Å². The smallest absolute Gasteiger partial charge is 0.207 e. The Morgan fingerprint density at radius 2 is 1.25 bits per heavy atom. The van der Waals surface area contributed by atoms with Gasteiger partial charge in [0.05, 0.1) is 0 Å². The normalized spacial score (nSPS) is 16.9. The molecule has 2 fully saturated rings. The maximum absolute atomic E-state index is 6.49. The third-order valence-corrected chi connectivity index (χ3v) is 6.92. The minimum atomic E-state index is -0.268. The van der Waals surface area contributed by atoms with Crippen LogP contribution in [0.4, 0.5) is 0 Å². The van der Waals surface area contributed by atoms with E-state index in [0.717, 1.165) is 64.6 Å². The highest BCUT2D eigenvalue weighted by atomic mass is 16.5. The molecule has 1 radical (unpaired) electrons. The van der Waals surface area contributed by atoms with Crippen molar-refractivity contribution in [3.8, 4) is 22.6 Å². The number of rotatable bonds is 5. The molecular weight excluding hydrogens is 448 g/mol. The van der Waals surface area contributed by atoms with E-state index in [9.17, 15) is 0 Å². The van der Waals surface area contributed by atoms with E-state index < -0.39 is 0 Å². The lowest BCUT2D eigenvalue weighted by molar-refractivity contribution is 0.163. The second-order valence-corrected chi connectivity index (χ2v) is 9.27. The highest BCUT2D eigenvalue weighted by Crippen LogP contribution is 2.44. The molecule has 7 rings (SSSR count). The lowest BCUT2D eigenvalue weighted by Crippen LogP contribution is -2.37. The number of fused-ring (bicyclic) bond motifs is 3. The Bertz CT molecular complexity index is 1570. The fraction of sp³-hybridized carbons (Fsp3) is 0.200. The molecule has 5 aromatic carbocycles. The lowest BCUT2D eigenvalue weighted by Gasteiger charge is -2.22. The summed E-state index contributed by atoms with van der Waals surface area (Å²) in [5, 5.41) is 20.2. The average Bonchev–Trinajstić information content (AvgIpc) is 3.62. The molecule has 0 unspecified atom stereocenters. The summed E-state index contributed by atoms with van der Waals surface area (Å²) in [7, 11) is 0. The summed E-state index contributed by atoms with van der Waals surface area (Å²) in [6.45, 7) is 3.47. The summed E-state index contributed by atoms with van der Waals surface area (Å²) in [6, 6.07) is 31.2. The van der Waals surface area contributed by atoms with Gasteiger partial charge in [-0.25, -0.2) is 0 Å². The minimum Gasteiger partial charge on any atom is -0.462 e. The maximum atomic E-state index is 6.49. The summed E-state index contributed by atoms with van der Waals surface area (Å²) in [5.41, 5.74) is 1.96. The number of nitrogens with one attached hydrogen (secondary N) is 4.